The summed E-state index contributed by atoms with van der Waals surface area (Å²) >= 11 is 3.88. The van der Waals surface area contributed by atoms with Crippen LogP contribution in [0.2, 0.25) is 0 Å². The summed E-state index contributed by atoms with van der Waals surface area (Å²) in [5.74, 6) is -2.32. The molecule has 3 aliphatic rings. The number of anilines is 1. The van der Waals surface area contributed by atoms with E-state index < -0.39 is 53.1 Å². The molecule has 0 saturated carbocycles. The molecule has 0 bridgehead atoms. The number of rotatable bonds is 8. The number of ether oxygens (including phenoxy) is 3. The van der Waals surface area contributed by atoms with E-state index in [4.69, 9.17) is 19.9 Å². The van der Waals surface area contributed by atoms with Crippen molar-refractivity contribution in [3.05, 3.63) is 21.7 Å². The molecule has 13 nitrogen and oxygen atoms in total. The Labute approximate surface area is 230 Å². The fourth-order valence-corrected chi connectivity index (χ4v) is 7.01. The first-order valence-corrected chi connectivity index (χ1v) is 14.3. The van der Waals surface area contributed by atoms with Crippen LogP contribution in [0.25, 0.3) is 0 Å². The van der Waals surface area contributed by atoms with Gasteiger partial charge < -0.3 is 30.5 Å². The van der Waals surface area contributed by atoms with Crippen molar-refractivity contribution in [2.24, 2.45) is 10.6 Å². The molecule has 0 aromatic carbocycles. The lowest BCUT2D eigenvalue weighted by Crippen LogP contribution is -2.71. The molecule has 2 amide bonds. The van der Waals surface area contributed by atoms with Gasteiger partial charge in [-0.2, -0.15) is 0 Å². The van der Waals surface area contributed by atoms with Crippen molar-refractivity contribution < 1.29 is 38.6 Å². The van der Waals surface area contributed by atoms with Crippen LogP contribution in [0, 0.1) is 5.41 Å². The van der Waals surface area contributed by atoms with Crippen LogP contribution in [-0.4, -0.2) is 87.0 Å². The van der Waals surface area contributed by atoms with Gasteiger partial charge in [0, 0.05) is 27.9 Å². The monoisotopic (exact) mass is 585 g/mol. The molecule has 16 heteroatoms. The van der Waals surface area contributed by atoms with Gasteiger partial charge >= 0.3 is 11.9 Å². The molecule has 4 N–H and O–H groups in total. The van der Waals surface area contributed by atoms with Crippen LogP contribution in [0.4, 0.5) is 5.13 Å². The summed E-state index contributed by atoms with van der Waals surface area (Å²) in [6.45, 7) is 5.54. The third kappa shape index (κ3) is 5.92. The number of carbonyl (C=O) groups excluding carboxylic acids is 4. The van der Waals surface area contributed by atoms with Gasteiger partial charge in [0.25, 0.3) is 11.8 Å². The van der Waals surface area contributed by atoms with Gasteiger partial charge in [0.1, 0.15) is 22.8 Å². The van der Waals surface area contributed by atoms with Crippen molar-refractivity contribution in [1.82, 2.24) is 15.2 Å². The minimum absolute atomic E-state index is 0.0521. The Morgan fingerprint density at radius 2 is 2.13 bits per heavy atom. The number of thioether (sulfide) groups is 2. The van der Waals surface area contributed by atoms with E-state index in [-0.39, 0.29) is 21.8 Å². The largest absolute Gasteiger partial charge is 0.427 e. The van der Waals surface area contributed by atoms with Crippen LogP contribution in [0.5, 0.6) is 0 Å². The summed E-state index contributed by atoms with van der Waals surface area (Å²) in [7, 11) is 0. The predicted molar refractivity (Wildman–Crippen MR) is 140 cm³/mol. The molecule has 3 aliphatic heterocycles. The van der Waals surface area contributed by atoms with Gasteiger partial charge in [-0.15, -0.1) is 34.9 Å². The van der Waals surface area contributed by atoms with E-state index in [0.29, 0.717) is 23.9 Å². The number of hydrogen-bond donors (Lipinski definition) is 3. The number of thiazole rings is 1. The summed E-state index contributed by atoms with van der Waals surface area (Å²) in [5.41, 5.74) is 4.55. The van der Waals surface area contributed by atoms with E-state index in [2.05, 4.69) is 15.5 Å². The minimum atomic E-state index is -0.983. The van der Waals surface area contributed by atoms with Gasteiger partial charge in [-0.3, -0.25) is 19.3 Å². The molecule has 0 aliphatic carbocycles. The number of carbonyl (C=O) groups is 4. The molecule has 0 spiro atoms. The van der Waals surface area contributed by atoms with E-state index in [9.17, 15) is 24.4 Å². The Kier molecular flexibility index (Phi) is 8.54. The number of nitrogen functional groups attached to an aromatic ring is 1. The van der Waals surface area contributed by atoms with Crippen molar-refractivity contribution in [3.8, 4) is 0 Å². The number of aromatic nitrogens is 1. The number of nitrogens with two attached hydrogens (primary N) is 1. The number of fused-ring (bicyclic) bond motifs is 1. The van der Waals surface area contributed by atoms with Crippen LogP contribution in [0.3, 0.4) is 0 Å². The van der Waals surface area contributed by atoms with Gasteiger partial charge in [-0.1, -0.05) is 5.16 Å². The zero-order valence-electron chi connectivity index (χ0n) is 20.8. The number of β-lactam (4-membered cyclic amide) rings is 1. The molecule has 38 heavy (non-hydrogen) atoms. The van der Waals surface area contributed by atoms with Crippen molar-refractivity contribution in [2.45, 2.75) is 43.9 Å². The Hall–Kier alpha value is -2.82. The summed E-state index contributed by atoms with van der Waals surface area (Å²) in [6, 6.07) is -0.983. The number of esters is 2. The second kappa shape index (κ2) is 11.5. The Balaban J connectivity index is 1.49. The fourth-order valence-electron chi connectivity index (χ4n) is 3.72. The van der Waals surface area contributed by atoms with Crippen molar-refractivity contribution in [1.29, 1.82) is 0 Å². The number of nitrogens with one attached hydrogen (secondary N) is 1. The molecule has 1 aromatic heterocycles. The molecular weight excluding hydrogens is 558 g/mol. The Bertz CT molecular complexity index is 1190. The molecule has 0 radical (unpaired) electrons. The third-order valence-electron chi connectivity index (χ3n) is 5.68. The fraction of sp³-hybridized carbons (Fsp3) is 0.545. The Morgan fingerprint density at radius 1 is 1.37 bits per heavy atom. The normalized spacial score (nSPS) is 23.6. The van der Waals surface area contributed by atoms with Gasteiger partial charge in [0.05, 0.1) is 12.0 Å². The lowest BCUT2D eigenvalue weighted by atomic mass is 9.98. The van der Waals surface area contributed by atoms with E-state index in [1.54, 1.807) is 20.8 Å². The summed E-state index contributed by atoms with van der Waals surface area (Å²) in [6.07, 6.45) is 0.796. The van der Waals surface area contributed by atoms with Crippen molar-refractivity contribution in [3.63, 3.8) is 0 Å². The molecule has 3 unspecified atom stereocenters. The number of amides is 2. The zero-order chi connectivity index (χ0) is 27.6. The first kappa shape index (κ1) is 28.2. The maximum absolute atomic E-state index is 13.2. The quantitative estimate of drug-likeness (QED) is 0.0989. The molecule has 4 rings (SSSR count). The van der Waals surface area contributed by atoms with Gasteiger partial charge in [-0.05, 0) is 27.2 Å². The second-order valence-electron chi connectivity index (χ2n) is 9.49. The average molecular weight is 586 g/mol. The SMILES string of the molecule is CC(C)(C)C(=O)OCOC(=O)C1=C(SC2CCOC2)CSC2C(NC(=O)/C(=N\O)c3csc(N)n3)C(=O)N12. The summed E-state index contributed by atoms with van der Waals surface area (Å²) in [4.78, 5) is 57.0. The van der Waals surface area contributed by atoms with Crippen molar-refractivity contribution in [2.75, 3.05) is 31.5 Å². The molecule has 2 saturated heterocycles. The van der Waals surface area contributed by atoms with Crippen LogP contribution in [0.1, 0.15) is 32.9 Å². The highest BCUT2D eigenvalue weighted by atomic mass is 32.2. The number of oxime groups is 1. The number of hydrogen-bond acceptors (Lipinski definition) is 14. The van der Waals surface area contributed by atoms with E-state index in [0.717, 1.165) is 17.8 Å². The highest BCUT2D eigenvalue weighted by Crippen LogP contribution is 2.45. The van der Waals surface area contributed by atoms with E-state index in [1.807, 2.05) is 0 Å². The highest BCUT2D eigenvalue weighted by molar-refractivity contribution is 8.06. The van der Waals surface area contributed by atoms with Crippen LogP contribution < -0.4 is 11.1 Å². The van der Waals surface area contributed by atoms with Gasteiger partial charge in [-0.25, -0.2) is 9.78 Å². The van der Waals surface area contributed by atoms with E-state index >= 15 is 0 Å². The maximum atomic E-state index is 13.2. The second-order valence-corrected chi connectivity index (χ2v) is 12.9. The van der Waals surface area contributed by atoms with Crippen LogP contribution >= 0.6 is 34.9 Å². The molecule has 4 heterocycles. The standard InChI is InChI=1S/C22H27N5O8S3/c1-22(2,3)20(31)35-9-34-19(30)15-12(38-10-4-5-33-6-10)8-36-18-14(17(29)27(15)18)25-16(28)13(26-32)11-7-37-21(23)24-11/h7,10,14,18,32H,4-6,8-9H2,1-3H3,(H2,23,24)(H,25,28)/b26-13-. The predicted octanol–water partition coefficient (Wildman–Crippen LogP) is 1.13. The molecule has 3 atom stereocenters. The topological polar surface area (TPSA) is 183 Å². The zero-order valence-corrected chi connectivity index (χ0v) is 23.2. The summed E-state index contributed by atoms with van der Waals surface area (Å²) < 4.78 is 15.7. The average Bonchev–Trinajstić information content (AvgIpc) is 3.53. The maximum Gasteiger partial charge on any atom is 0.358 e. The number of nitrogens with zero attached hydrogens (tertiary/aromatic N) is 3. The molecule has 2 fully saturated rings. The lowest BCUT2D eigenvalue weighted by molar-refractivity contribution is -0.173. The van der Waals surface area contributed by atoms with Crippen LogP contribution in [-0.2, 0) is 33.4 Å². The molecule has 206 valence electrons. The lowest BCUT2D eigenvalue weighted by Gasteiger charge is -2.49. The third-order valence-corrected chi connectivity index (χ3v) is 9.15. The molecule has 1 aromatic rings. The first-order valence-electron chi connectivity index (χ1n) is 11.5. The van der Waals surface area contributed by atoms with Gasteiger partial charge in [0.15, 0.2) is 10.8 Å². The van der Waals surface area contributed by atoms with Crippen LogP contribution in [0.15, 0.2) is 21.1 Å². The minimum Gasteiger partial charge on any atom is -0.427 e. The Morgan fingerprint density at radius 3 is 2.74 bits per heavy atom. The molecular formula is C22H27N5O8S3. The van der Waals surface area contributed by atoms with Gasteiger partial charge in [0.2, 0.25) is 6.79 Å². The smallest absolute Gasteiger partial charge is 0.358 e. The summed E-state index contributed by atoms with van der Waals surface area (Å²) in [5, 5.41) is 16.1. The highest BCUT2D eigenvalue weighted by Gasteiger charge is 2.55. The van der Waals surface area contributed by atoms with Crippen molar-refractivity contribution >= 4 is 69.5 Å². The van der Waals surface area contributed by atoms with E-state index in [1.165, 1.54) is 33.8 Å². The first-order chi connectivity index (χ1) is 18.0.